The molecule has 2 aromatic carbocycles. The predicted molar refractivity (Wildman–Crippen MR) is 147 cm³/mol. The summed E-state index contributed by atoms with van der Waals surface area (Å²) < 4.78 is 7.58. The van der Waals surface area contributed by atoms with Crippen molar-refractivity contribution in [1.82, 2.24) is 20.1 Å². The number of nitrogens with one attached hydrogen (secondary N) is 1. The lowest BCUT2D eigenvalue weighted by Gasteiger charge is -2.22. The molecule has 0 aliphatic heterocycles. The third kappa shape index (κ3) is 7.44. The average molecular weight is 521 g/mol. The van der Waals surface area contributed by atoms with Gasteiger partial charge in [-0.15, -0.1) is 10.2 Å². The number of ketones is 1. The van der Waals surface area contributed by atoms with Crippen molar-refractivity contribution in [3.63, 3.8) is 0 Å². The zero-order chi connectivity index (χ0) is 26.0. The van der Waals surface area contributed by atoms with Crippen LogP contribution in [0.4, 0.5) is 0 Å². The van der Waals surface area contributed by atoms with Crippen molar-refractivity contribution >= 4 is 23.5 Å². The minimum atomic E-state index is -0.0467. The Bertz CT molecular complexity index is 1170. The van der Waals surface area contributed by atoms with Gasteiger partial charge in [-0.1, -0.05) is 55.3 Å². The number of carbonyl (C=O) groups excluding carboxylic acids is 2. The summed E-state index contributed by atoms with van der Waals surface area (Å²) in [6.45, 7) is 4.64. The zero-order valence-electron chi connectivity index (χ0n) is 21.7. The molecule has 0 bridgehead atoms. The highest BCUT2D eigenvalue weighted by Gasteiger charge is 2.18. The van der Waals surface area contributed by atoms with Crippen LogP contribution in [-0.4, -0.2) is 45.4 Å². The Morgan fingerprint density at radius 2 is 1.76 bits per heavy atom. The molecule has 7 nitrogen and oxygen atoms in total. The summed E-state index contributed by atoms with van der Waals surface area (Å²) in [5.41, 5.74) is 2.99. The van der Waals surface area contributed by atoms with Gasteiger partial charge in [-0.25, -0.2) is 0 Å². The number of benzene rings is 2. The van der Waals surface area contributed by atoms with Crippen LogP contribution in [0.25, 0.3) is 5.69 Å². The van der Waals surface area contributed by atoms with Gasteiger partial charge in [0.15, 0.2) is 10.9 Å². The van der Waals surface area contributed by atoms with E-state index in [0.29, 0.717) is 30.6 Å². The molecule has 1 aliphatic rings. The van der Waals surface area contributed by atoms with E-state index in [9.17, 15) is 9.59 Å². The van der Waals surface area contributed by atoms with E-state index in [0.717, 1.165) is 29.2 Å². The van der Waals surface area contributed by atoms with Crippen LogP contribution in [0, 0.1) is 0 Å². The number of aryl methyl sites for hydroxylation is 1. The average Bonchev–Trinajstić information content (AvgIpc) is 3.33. The largest absolute Gasteiger partial charge is 0.494 e. The highest BCUT2D eigenvalue weighted by atomic mass is 32.2. The maximum absolute atomic E-state index is 13.0. The van der Waals surface area contributed by atoms with Crippen molar-refractivity contribution in [3.05, 3.63) is 65.5 Å². The number of Topliss-reactive ketones (excluding diaryl/α,β-unsaturated/α-hetero) is 1. The SMILES string of the molecule is CCOc1ccc(-n2c(CCCNC(C)=O)nnc2SCC(=O)c2ccc(C3CCCCC3)cc2)cc1. The number of rotatable bonds is 12. The second-order valence-electron chi connectivity index (χ2n) is 9.42. The number of hydrogen-bond donors (Lipinski definition) is 1. The van der Waals surface area contributed by atoms with Gasteiger partial charge >= 0.3 is 0 Å². The minimum Gasteiger partial charge on any atom is -0.494 e. The van der Waals surface area contributed by atoms with Crippen molar-refractivity contribution in [3.8, 4) is 11.4 Å². The summed E-state index contributed by atoms with van der Waals surface area (Å²) in [4.78, 5) is 24.2. The second-order valence-corrected chi connectivity index (χ2v) is 10.4. The molecular weight excluding hydrogens is 484 g/mol. The lowest BCUT2D eigenvalue weighted by Crippen LogP contribution is -2.21. The molecule has 1 amide bonds. The Morgan fingerprint density at radius 3 is 2.43 bits per heavy atom. The summed E-state index contributed by atoms with van der Waals surface area (Å²) >= 11 is 1.40. The molecule has 3 aromatic rings. The number of aromatic nitrogens is 3. The second kappa shape index (κ2) is 13.4. The van der Waals surface area contributed by atoms with Gasteiger partial charge in [-0.2, -0.15) is 0 Å². The molecule has 1 fully saturated rings. The van der Waals surface area contributed by atoms with Gasteiger partial charge in [0, 0.05) is 31.1 Å². The van der Waals surface area contributed by atoms with Crippen LogP contribution >= 0.6 is 11.8 Å². The number of thioether (sulfide) groups is 1. The van der Waals surface area contributed by atoms with Gasteiger partial charge in [-0.3, -0.25) is 14.2 Å². The topological polar surface area (TPSA) is 86.1 Å². The smallest absolute Gasteiger partial charge is 0.216 e. The number of ether oxygens (including phenoxy) is 1. The fourth-order valence-electron chi connectivity index (χ4n) is 4.77. The Labute approximate surface area is 223 Å². The van der Waals surface area contributed by atoms with Gasteiger partial charge in [0.25, 0.3) is 0 Å². The molecular formula is C29H36N4O3S. The first-order valence-electron chi connectivity index (χ1n) is 13.2. The standard InChI is InChI=1S/C29H36N4O3S/c1-3-36-26-17-15-25(16-18-26)33-28(10-7-19-30-21(2)34)31-32-29(33)37-20-27(35)24-13-11-23(12-14-24)22-8-5-4-6-9-22/h11-18,22H,3-10,19-20H2,1-2H3,(H,30,34). The molecule has 1 heterocycles. The minimum absolute atomic E-state index is 0.0467. The molecule has 37 heavy (non-hydrogen) atoms. The molecule has 8 heteroatoms. The first-order chi connectivity index (χ1) is 18.0. The number of hydrogen-bond acceptors (Lipinski definition) is 6. The molecule has 1 N–H and O–H groups in total. The van der Waals surface area contributed by atoms with E-state index in [1.54, 1.807) is 0 Å². The number of amides is 1. The third-order valence-corrected chi connectivity index (χ3v) is 7.63. The summed E-state index contributed by atoms with van der Waals surface area (Å²) in [7, 11) is 0. The maximum Gasteiger partial charge on any atom is 0.216 e. The van der Waals surface area contributed by atoms with E-state index in [1.807, 2.05) is 47.9 Å². The molecule has 0 spiro atoms. The molecule has 1 saturated carbocycles. The third-order valence-electron chi connectivity index (χ3n) is 6.70. The highest BCUT2D eigenvalue weighted by molar-refractivity contribution is 7.99. The van der Waals surface area contributed by atoms with Crippen molar-refractivity contribution in [2.75, 3.05) is 18.9 Å². The van der Waals surface area contributed by atoms with Crippen molar-refractivity contribution in [1.29, 1.82) is 0 Å². The quantitative estimate of drug-likeness (QED) is 0.186. The zero-order valence-corrected chi connectivity index (χ0v) is 22.6. The first kappa shape index (κ1) is 26.9. The normalized spacial score (nSPS) is 13.9. The Balaban J connectivity index is 1.45. The molecule has 1 aliphatic carbocycles. The lowest BCUT2D eigenvalue weighted by molar-refractivity contribution is -0.118. The van der Waals surface area contributed by atoms with Gasteiger partial charge in [0.1, 0.15) is 11.6 Å². The molecule has 4 rings (SSSR count). The molecule has 1 aromatic heterocycles. The lowest BCUT2D eigenvalue weighted by atomic mass is 9.84. The maximum atomic E-state index is 13.0. The molecule has 196 valence electrons. The van der Waals surface area contributed by atoms with Crippen molar-refractivity contribution < 1.29 is 14.3 Å². The molecule has 0 unspecified atom stereocenters. The van der Waals surface area contributed by atoms with Crippen LogP contribution < -0.4 is 10.1 Å². The fraction of sp³-hybridized carbons (Fsp3) is 0.448. The van der Waals surface area contributed by atoms with E-state index < -0.39 is 0 Å². The van der Waals surface area contributed by atoms with Crippen molar-refractivity contribution in [2.45, 2.75) is 69.9 Å². The summed E-state index contributed by atoms with van der Waals surface area (Å²) in [6, 6.07) is 16.0. The van der Waals surface area contributed by atoms with Gasteiger partial charge in [0.05, 0.1) is 12.4 Å². The first-order valence-corrected chi connectivity index (χ1v) is 14.2. The Morgan fingerprint density at radius 1 is 1.03 bits per heavy atom. The van der Waals surface area contributed by atoms with Crippen LogP contribution in [-0.2, 0) is 11.2 Å². The van der Waals surface area contributed by atoms with E-state index in [-0.39, 0.29) is 17.4 Å². The molecule has 0 radical (unpaired) electrons. The van der Waals surface area contributed by atoms with Crippen LogP contribution in [0.3, 0.4) is 0 Å². The van der Waals surface area contributed by atoms with E-state index in [2.05, 4.69) is 27.6 Å². The number of nitrogens with zero attached hydrogens (tertiary/aromatic N) is 3. The van der Waals surface area contributed by atoms with Gasteiger partial charge in [0.2, 0.25) is 5.91 Å². The van der Waals surface area contributed by atoms with E-state index >= 15 is 0 Å². The van der Waals surface area contributed by atoms with Crippen LogP contribution in [0.2, 0.25) is 0 Å². The Kier molecular flexibility index (Phi) is 9.77. The van der Waals surface area contributed by atoms with Crippen molar-refractivity contribution in [2.24, 2.45) is 0 Å². The Hall–Kier alpha value is -3.13. The molecule has 0 saturated heterocycles. The number of carbonyl (C=O) groups is 2. The monoisotopic (exact) mass is 520 g/mol. The van der Waals surface area contributed by atoms with Crippen LogP contribution in [0.5, 0.6) is 5.75 Å². The summed E-state index contributed by atoms with van der Waals surface area (Å²) in [6.07, 6.45) is 7.82. The fourth-order valence-corrected chi connectivity index (χ4v) is 5.64. The van der Waals surface area contributed by atoms with Gasteiger partial charge < -0.3 is 10.1 Å². The highest BCUT2D eigenvalue weighted by Crippen LogP contribution is 2.33. The summed E-state index contributed by atoms with van der Waals surface area (Å²) in [5, 5.41) is 12.3. The summed E-state index contributed by atoms with van der Waals surface area (Å²) in [5.74, 6) is 2.53. The van der Waals surface area contributed by atoms with Gasteiger partial charge in [-0.05, 0) is 61.9 Å². The van der Waals surface area contributed by atoms with E-state index in [4.69, 9.17) is 4.74 Å². The predicted octanol–water partition coefficient (Wildman–Crippen LogP) is 5.76. The van der Waals surface area contributed by atoms with Crippen LogP contribution in [0.15, 0.2) is 53.7 Å². The molecule has 0 atom stereocenters. The van der Waals surface area contributed by atoms with E-state index in [1.165, 1.54) is 56.4 Å². The van der Waals surface area contributed by atoms with Crippen LogP contribution in [0.1, 0.15) is 80.0 Å².